The third kappa shape index (κ3) is 4.79. The lowest BCUT2D eigenvalue weighted by Gasteiger charge is -2.15. The highest BCUT2D eigenvalue weighted by Crippen LogP contribution is 2.25. The molecule has 110 valence electrons. The van der Waals surface area contributed by atoms with Crippen LogP contribution in [0.2, 0.25) is 0 Å². The summed E-state index contributed by atoms with van der Waals surface area (Å²) in [5.41, 5.74) is 1.65. The normalized spacial score (nSPS) is 9.80. The zero-order valence-electron chi connectivity index (χ0n) is 12.2. The van der Waals surface area contributed by atoms with E-state index in [0.717, 1.165) is 5.56 Å². The Morgan fingerprint density at radius 3 is 2.60 bits per heavy atom. The van der Waals surface area contributed by atoms with E-state index in [2.05, 4.69) is 10.1 Å². The van der Waals surface area contributed by atoms with Crippen molar-refractivity contribution >= 4 is 17.6 Å². The molecule has 0 spiro atoms. The molecule has 0 heterocycles. The van der Waals surface area contributed by atoms with Crippen LogP contribution in [0.3, 0.4) is 0 Å². The van der Waals surface area contributed by atoms with Gasteiger partial charge in [0.2, 0.25) is 0 Å². The van der Waals surface area contributed by atoms with Crippen LogP contribution in [0.5, 0.6) is 5.75 Å². The maximum Gasteiger partial charge on any atom is 0.325 e. The molecule has 1 N–H and O–H groups in total. The van der Waals surface area contributed by atoms with E-state index >= 15 is 0 Å². The SMILES string of the molecule is COC(=O)CNc1ccc(C)cc1OCC(=O)N(C)C. The predicted octanol–water partition coefficient (Wildman–Crippen LogP) is 1.05. The van der Waals surface area contributed by atoms with Crippen LogP contribution in [0.1, 0.15) is 5.56 Å². The monoisotopic (exact) mass is 280 g/mol. The molecule has 0 aromatic heterocycles. The summed E-state index contributed by atoms with van der Waals surface area (Å²) in [6, 6.07) is 5.50. The van der Waals surface area contributed by atoms with Gasteiger partial charge in [0.25, 0.3) is 5.91 Å². The first-order chi connectivity index (χ1) is 9.43. The van der Waals surface area contributed by atoms with Crippen LogP contribution in [-0.2, 0) is 14.3 Å². The van der Waals surface area contributed by atoms with E-state index in [1.807, 2.05) is 19.1 Å². The first-order valence-corrected chi connectivity index (χ1v) is 6.18. The van der Waals surface area contributed by atoms with Crippen LogP contribution in [0.4, 0.5) is 5.69 Å². The van der Waals surface area contributed by atoms with Gasteiger partial charge in [-0.1, -0.05) is 6.07 Å². The van der Waals surface area contributed by atoms with Gasteiger partial charge in [-0.15, -0.1) is 0 Å². The van der Waals surface area contributed by atoms with Crippen LogP contribution < -0.4 is 10.1 Å². The molecule has 0 fully saturated rings. The van der Waals surface area contributed by atoms with Crippen molar-refractivity contribution < 1.29 is 19.1 Å². The van der Waals surface area contributed by atoms with Gasteiger partial charge < -0.3 is 19.7 Å². The number of benzene rings is 1. The summed E-state index contributed by atoms with van der Waals surface area (Å²) >= 11 is 0. The van der Waals surface area contributed by atoms with Gasteiger partial charge in [-0.05, 0) is 24.6 Å². The van der Waals surface area contributed by atoms with Gasteiger partial charge in [0.15, 0.2) is 6.61 Å². The molecule has 0 aliphatic heterocycles. The third-order valence-electron chi connectivity index (χ3n) is 2.64. The molecular weight excluding hydrogens is 260 g/mol. The van der Waals surface area contributed by atoms with Gasteiger partial charge in [0, 0.05) is 14.1 Å². The number of nitrogens with zero attached hydrogens (tertiary/aromatic N) is 1. The predicted molar refractivity (Wildman–Crippen MR) is 75.9 cm³/mol. The molecule has 0 unspecified atom stereocenters. The molecule has 0 bridgehead atoms. The second-order valence-electron chi connectivity index (χ2n) is 4.51. The van der Waals surface area contributed by atoms with Gasteiger partial charge >= 0.3 is 5.97 Å². The van der Waals surface area contributed by atoms with Crippen LogP contribution in [0, 0.1) is 6.92 Å². The van der Waals surface area contributed by atoms with E-state index in [1.165, 1.54) is 12.0 Å². The van der Waals surface area contributed by atoms with Crippen LogP contribution in [0.15, 0.2) is 18.2 Å². The number of carbonyl (C=O) groups excluding carboxylic acids is 2. The first-order valence-electron chi connectivity index (χ1n) is 6.18. The molecule has 1 aromatic rings. The highest BCUT2D eigenvalue weighted by atomic mass is 16.5. The number of methoxy groups -OCH3 is 1. The van der Waals surface area contributed by atoms with Gasteiger partial charge in [-0.2, -0.15) is 0 Å². The third-order valence-corrected chi connectivity index (χ3v) is 2.64. The number of hydrogen-bond acceptors (Lipinski definition) is 5. The lowest BCUT2D eigenvalue weighted by Crippen LogP contribution is -2.27. The number of nitrogens with one attached hydrogen (secondary N) is 1. The smallest absolute Gasteiger partial charge is 0.325 e. The summed E-state index contributed by atoms with van der Waals surface area (Å²) in [6.45, 7) is 1.91. The van der Waals surface area contributed by atoms with E-state index in [4.69, 9.17) is 4.74 Å². The lowest BCUT2D eigenvalue weighted by molar-refractivity contribution is -0.138. The lowest BCUT2D eigenvalue weighted by atomic mass is 10.2. The number of aryl methyl sites for hydroxylation is 1. The largest absolute Gasteiger partial charge is 0.482 e. The molecule has 0 saturated heterocycles. The highest BCUT2D eigenvalue weighted by Gasteiger charge is 2.10. The highest BCUT2D eigenvalue weighted by molar-refractivity contribution is 5.78. The maximum absolute atomic E-state index is 11.5. The molecule has 20 heavy (non-hydrogen) atoms. The molecular formula is C14H20N2O4. The Labute approximate surface area is 118 Å². The topological polar surface area (TPSA) is 67.9 Å². The fraction of sp³-hybridized carbons (Fsp3) is 0.429. The van der Waals surface area contributed by atoms with Gasteiger partial charge in [-0.3, -0.25) is 9.59 Å². The Balaban J connectivity index is 2.74. The first kappa shape index (κ1) is 15.8. The van der Waals surface area contributed by atoms with Crippen LogP contribution in [-0.4, -0.2) is 51.1 Å². The fourth-order valence-electron chi connectivity index (χ4n) is 1.40. The van der Waals surface area contributed by atoms with Crippen molar-refractivity contribution in [3.8, 4) is 5.75 Å². The van der Waals surface area contributed by atoms with Crippen molar-refractivity contribution in [1.82, 2.24) is 4.90 Å². The number of anilines is 1. The molecule has 0 radical (unpaired) electrons. The number of ether oxygens (including phenoxy) is 2. The fourth-order valence-corrected chi connectivity index (χ4v) is 1.40. The Morgan fingerprint density at radius 2 is 2.00 bits per heavy atom. The number of carbonyl (C=O) groups is 2. The molecule has 0 aliphatic carbocycles. The number of likely N-dealkylation sites (N-methyl/N-ethyl adjacent to an activating group) is 1. The van der Waals surface area contributed by atoms with E-state index in [-0.39, 0.29) is 25.0 Å². The van der Waals surface area contributed by atoms with Gasteiger partial charge in [0.05, 0.1) is 12.8 Å². The quantitative estimate of drug-likeness (QED) is 0.789. The van der Waals surface area contributed by atoms with Crippen molar-refractivity contribution in [2.24, 2.45) is 0 Å². The van der Waals surface area contributed by atoms with Crippen molar-refractivity contribution in [3.63, 3.8) is 0 Å². The maximum atomic E-state index is 11.5. The van der Waals surface area contributed by atoms with Crippen molar-refractivity contribution in [2.45, 2.75) is 6.92 Å². The average molecular weight is 280 g/mol. The number of amides is 1. The zero-order chi connectivity index (χ0) is 15.1. The molecule has 1 aromatic carbocycles. The van der Waals surface area contributed by atoms with E-state index in [9.17, 15) is 9.59 Å². The zero-order valence-corrected chi connectivity index (χ0v) is 12.2. The van der Waals surface area contributed by atoms with E-state index in [0.29, 0.717) is 11.4 Å². The van der Waals surface area contributed by atoms with E-state index in [1.54, 1.807) is 20.2 Å². The summed E-state index contributed by atoms with van der Waals surface area (Å²) < 4.78 is 10.1. The standard InChI is InChI=1S/C14H20N2O4/c1-10-5-6-11(15-8-14(18)19-4)12(7-10)20-9-13(17)16(2)3/h5-7,15H,8-9H2,1-4H3. The number of rotatable bonds is 6. The average Bonchev–Trinajstić information content (AvgIpc) is 2.42. The second-order valence-corrected chi connectivity index (χ2v) is 4.51. The van der Waals surface area contributed by atoms with Crippen LogP contribution in [0.25, 0.3) is 0 Å². The van der Waals surface area contributed by atoms with Crippen molar-refractivity contribution in [3.05, 3.63) is 23.8 Å². The molecule has 6 nitrogen and oxygen atoms in total. The molecule has 6 heteroatoms. The number of esters is 1. The van der Waals surface area contributed by atoms with Crippen molar-refractivity contribution in [2.75, 3.05) is 39.7 Å². The molecule has 1 rings (SSSR count). The molecule has 0 atom stereocenters. The minimum absolute atomic E-state index is 0.0392. The Kier molecular flexibility index (Phi) is 5.83. The van der Waals surface area contributed by atoms with Crippen LogP contribution >= 0.6 is 0 Å². The Hall–Kier alpha value is -2.24. The minimum atomic E-state index is -0.374. The summed E-state index contributed by atoms with van der Waals surface area (Å²) in [7, 11) is 4.66. The second kappa shape index (κ2) is 7.37. The van der Waals surface area contributed by atoms with Crippen molar-refractivity contribution in [1.29, 1.82) is 0 Å². The molecule has 1 amide bonds. The summed E-state index contributed by atoms with van der Waals surface area (Å²) in [5.74, 6) is 0.0235. The Bertz CT molecular complexity index is 486. The van der Waals surface area contributed by atoms with E-state index < -0.39 is 0 Å². The van der Waals surface area contributed by atoms with Gasteiger partial charge in [0.1, 0.15) is 12.3 Å². The number of hydrogen-bond donors (Lipinski definition) is 1. The summed E-state index contributed by atoms with van der Waals surface area (Å²) in [6.07, 6.45) is 0. The van der Waals surface area contributed by atoms with Gasteiger partial charge in [-0.25, -0.2) is 0 Å². The summed E-state index contributed by atoms with van der Waals surface area (Å²) in [5, 5.41) is 2.92. The Morgan fingerprint density at radius 1 is 1.30 bits per heavy atom. The molecule has 0 saturated carbocycles. The molecule has 0 aliphatic rings. The minimum Gasteiger partial charge on any atom is -0.482 e. The summed E-state index contributed by atoms with van der Waals surface area (Å²) in [4.78, 5) is 24.1.